The smallest absolute Gasteiger partial charge is 0.165 e. The summed E-state index contributed by atoms with van der Waals surface area (Å²) < 4.78 is 0. The topological polar surface area (TPSA) is 83.6 Å². The van der Waals surface area contributed by atoms with Crippen molar-refractivity contribution in [2.75, 3.05) is 0 Å². The summed E-state index contributed by atoms with van der Waals surface area (Å²) in [7, 11) is 0. The van der Waals surface area contributed by atoms with E-state index in [0.29, 0.717) is 29.8 Å². The molecule has 0 saturated carbocycles. The molecule has 5 heteroatoms. The molecule has 4 nitrogen and oxygen atoms in total. The van der Waals surface area contributed by atoms with Gasteiger partial charge in [0, 0.05) is 11.1 Å². The van der Waals surface area contributed by atoms with Gasteiger partial charge in [0.1, 0.15) is 12.4 Å². The minimum atomic E-state index is -1.78. The fraction of sp³-hybridized carbons (Fsp3) is 0.500. The zero-order valence-corrected chi connectivity index (χ0v) is 12.1. The summed E-state index contributed by atoms with van der Waals surface area (Å²) in [6, 6.07) is 6.25. The summed E-state index contributed by atoms with van der Waals surface area (Å²) in [5, 5.41) is 20.1. The third kappa shape index (κ3) is 4.91. The Morgan fingerprint density at radius 2 is 1.79 bits per heavy atom. The van der Waals surface area contributed by atoms with Gasteiger partial charge >= 0.3 is 0 Å². The molecule has 0 aromatic heterocycles. The largest absolute Gasteiger partial charge is 0.388 e. The number of aliphatic hydroxyl groups excluding tert-OH is 1. The molecule has 0 heterocycles. The molecule has 0 aliphatic carbocycles. The van der Waals surface area contributed by atoms with Gasteiger partial charge in [-0.1, -0.05) is 38.1 Å². The van der Waals surface area contributed by atoms with E-state index in [1.165, 1.54) is 0 Å². The highest BCUT2D eigenvalue weighted by molar-refractivity contribution is 5.85. The van der Waals surface area contributed by atoms with E-state index < -0.39 is 11.8 Å². The number of carbonyl (C=O) groups is 1. The van der Waals surface area contributed by atoms with Gasteiger partial charge in [0.15, 0.2) is 5.72 Å². The van der Waals surface area contributed by atoms with E-state index in [0.717, 1.165) is 6.42 Å². The van der Waals surface area contributed by atoms with Gasteiger partial charge in [-0.3, -0.25) is 10.5 Å². The number of aldehydes is 1. The summed E-state index contributed by atoms with van der Waals surface area (Å²) in [6.07, 6.45) is 0.906. The summed E-state index contributed by atoms with van der Waals surface area (Å²) in [5.74, 6) is 0.438. The van der Waals surface area contributed by atoms with Gasteiger partial charge in [0.2, 0.25) is 0 Å². The molecule has 4 N–H and O–H groups in total. The standard InChI is InChI=1S/C14H21NO3.ClH/c1-10(2)3-8-13(17)14(15,18)12-6-4-11(9-16)5-7-12;/h4-7,9-10,13,17-18H,3,8,15H2,1-2H3;1H/t13-,14-;/m1./s1. The van der Waals surface area contributed by atoms with E-state index >= 15 is 0 Å². The summed E-state index contributed by atoms with van der Waals surface area (Å²) in [6.45, 7) is 4.09. The summed E-state index contributed by atoms with van der Waals surface area (Å²) in [5.41, 5.74) is 4.91. The van der Waals surface area contributed by atoms with Gasteiger partial charge in [-0.05, 0) is 18.8 Å². The van der Waals surface area contributed by atoms with Crippen molar-refractivity contribution in [3.05, 3.63) is 35.4 Å². The maximum atomic E-state index is 10.5. The van der Waals surface area contributed by atoms with Gasteiger partial charge in [0.05, 0.1) is 0 Å². The quantitative estimate of drug-likeness (QED) is 0.550. The van der Waals surface area contributed by atoms with Gasteiger partial charge < -0.3 is 10.2 Å². The number of aliphatic hydroxyl groups is 2. The normalized spacial score (nSPS) is 15.5. The van der Waals surface area contributed by atoms with Crippen LogP contribution in [0, 0.1) is 5.92 Å². The van der Waals surface area contributed by atoms with Crippen molar-refractivity contribution >= 4 is 18.7 Å². The molecule has 1 aromatic rings. The highest BCUT2D eigenvalue weighted by Gasteiger charge is 2.32. The molecule has 0 spiro atoms. The highest BCUT2D eigenvalue weighted by Crippen LogP contribution is 2.23. The minimum Gasteiger partial charge on any atom is -0.388 e. The Hall–Kier alpha value is -0.940. The third-order valence-electron chi connectivity index (χ3n) is 3.03. The fourth-order valence-corrected chi connectivity index (χ4v) is 1.73. The lowest BCUT2D eigenvalue weighted by molar-refractivity contribution is -0.0812. The maximum Gasteiger partial charge on any atom is 0.165 e. The van der Waals surface area contributed by atoms with Crippen LogP contribution in [0.4, 0.5) is 0 Å². The Labute approximate surface area is 120 Å². The second kappa shape index (κ2) is 7.60. The minimum absolute atomic E-state index is 0. The predicted octanol–water partition coefficient (Wildman–Crippen LogP) is 1.82. The number of halogens is 1. The molecule has 0 aliphatic heterocycles. The zero-order chi connectivity index (χ0) is 13.8. The highest BCUT2D eigenvalue weighted by atomic mass is 35.5. The van der Waals surface area contributed by atoms with E-state index in [9.17, 15) is 15.0 Å². The Balaban J connectivity index is 0.00000324. The fourth-order valence-electron chi connectivity index (χ4n) is 1.73. The number of hydrogen-bond donors (Lipinski definition) is 3. The molecule has 0 unspecified atom stereocenters. The molecule has 0 aliphatic rings. The van der Waals surface area contributed by atoms with Crippen molar-refractivity contribution in [3.63, 3.8) is 0 Å². The second-order valence-corrected chi connectivity index (χ2v) is 5.05. The molecule has 1 aromatic carbocycles. The third-order valence-corrected chi connectivity index (χ3v) is 3.03. The van der Waals surface area contributed by atoms with Gasteiger partial charge in [-0.2, -0.15) is 0 Å². The number of nitrogens with two attached hydrogens (primary N) is 1. The molecule has 2 atom stereocenters. The average molecular weight is 288 g/mol. The summed E-state index contributed by atoms with van der Waals surface area (Å²) >= 11 is 0. The molecule has 19 heavy (non-hydrogen) atoms. The first-order valence-corrected chi connectivity index (χ1v) is 6.13. The van der Waals surface area contributed by atoms with Crippen molar-refractivity contribution in [2.45, 2.75) is 38.5 Å². The molecule has 0 saturated heterocycles. The lowest BCUT2D eigenvalue weighted by Gasteiger charge is -2.29. The van der Waals surface area contributed by atoms with E-state index in [1.54, 1.807) is 24.3 Å². The maximum absolute atomic E-state index is 10.5. The van der Waals surface area contributed by atoms with Crippen LogP contribution in [0.5, 0.6) is 0 Å². The molecular weight excluding hydrogens is 266 g/mol. The first-order chi connectivity index (χ1) is 8.37. The molecular formula is C14H22ClNO3. The lowest BCUT2D eigenvalue weighted by Crippen LogP contribution is -2.47. The van der Waals surface area contributed by atoms with Crippen LogP contribution in [-0.2, 0) is 5.72 Å². The Bertz CT molecular complexity index is 390. The van der Waals surface area contributed by atoms with Crippen LogP contribution < -0.4 is 5.73 Å². The van der Waals surface area contributed by atoms with E-state index in [-0.39, 0.29) is 12.4 Å². The van der Waals surface area contributed by atoms with Gasteiger partial charge in [-0.15, -0.1) is 12.4 Å². The number of rotatable bonds is 6. The average Bonchev–Trinajstić information content (AvgIpc) is 2.35. The van der Waals surface area contributed by atoms with Crippen molar-refractivity contribution in [1.29, 1.82) is 0 Å². The van der Waals surface area contributed by atoms with Crippen LogP contribution in [-0.4, -0.2) is 22.6 Å². The molecule has 0 amide bonds. The van der Waals surface area contributed by atoms with Crippen molar-refractivity contribution in [1.82, 2.24) is 0 Å². The summed E-state index contributed by atoms with van der Waals surface area (Å²) in [4.78, 5) is 10.5. The second-order valence-electron chi connectivity index (χ2n) is 5.05. The van der Waals surface area contributed by atoms with Crippen LogP contribution >= 0.6 is 12.4 Å². The Morgan fingerprint density at radius 1 is 1.26 bits per heavy atom. The molecule has 0 bridgehead atoms. The van der Waals surface area contributed by atoms with Crippen LogP contribution in [0.1, 0.15) is 42.6 Å². The number of hydrogen-bond acceptors (Lipinski definition) is 4. The van der Waals surface area contributed by atoms with Gasteiger partial charge in [0.25, 0.3) is 0 Å². The Morgan fingerprint density at radius 3 is 2.21 bits per heavy atom. The number of carbonyl (C=O) groups excluding carboxylic acids is 1. The molecule has 1 rings (SSSR count). The van der Waals surface area contributed by atoms with Gasteiger partial charge in [-0.25, -0.2) is 0 Å². The van der Waals surface area contributed by atoms with E-state index in [1.807, 2.05) is 13.8 Å². The first kappa shape index (κ1) is 18.1. The molecule has 0 radical (unpaired) electrons. The molecule has 0 fully saturated rings. The van der Waals surface area contributed by atoms with Crippen molar-refractivity contribution in [2.24, 2.45) is 11.7 Å². The zero-order valence-electron chi connectivity index (χ0n) is 11.2. The van der Waals surface area contributed by atoms with E-state index in [2.05, 4.69) is 0 Å². The molecule has 108 valence electrons. The predicted molar refractivity (Wildman–Crippen MR) is 77.2 cm³/mol. The van der Waals surface area contributed by atoms with Crippen molar-refractivity contribution < 1.29 is 15.0 Å². The monoisotopic (exact) mass is 287 g/mol. The van der Waals surface area contributed by atoms with Crippen molar-refractivity contribution in [3.8, 4) is 0 Å². The van der Waals surface area contributed by atoms with E-state index in [4.69, 9.17) is 5.73 Å². The Kier molecular flexibility index (Phi) is 7.23. The first-order valence-electron chi connectivity index (χ1n) is 6.13. The SMILES string of the molecule is CC(C)CC[C@@H](O)[C@](N)(O)c1ccc(C=O)cc1.Cl. The van der Waals surface area contributed by atoms with Crippen LogP contribution in [0.2, 0.25) is 0 Å². The van der Waals surface area contributed by atoms with Crippen LogP contribution in [0.25, 0.3) is 0 Å². The van der Waals surface area contributed by atoms with Crippen LogP contribution in [0.15, 0.2) is 24.3 Å². The number of benzene rings is 1. The lowest BCUT2D eigenvalue weighted by atomic mass is 9.92. The van der Waals surface area contributed by atoms with Crippen LogP contribution in [0.3, 0.4) is 0 Å².